The van der Waals surface area contributed by atoms with Crippen molar-refractivity contribution in [2.45, 2.75) is 69.0 Å². The van der Waals surface area contributed by atoms with Gasteiger partial charge in [-0.25, -0.2) is 8.42 Å². The number of nitrogens with zero attached hydrogens (tertiary/aromatic N) is 2. The molecular formula is C38H45N3O5S2. The maximum Gasteiger partial charge on any atom is 0.264 e. The van der Waals surface area contributed by atoms with Crippen molar-refractivity contribution in [1.82, 2.24) is 10.2 Å². The van der Waals surface area contributed by atoms with Crippen molar-refractivity contribution < 1.29 is 22.7 Å². The Kier molecular flexibility index (Phi) is 13.1. The highest BCUT2D eigenvalue weighted by atomic mass is 32.2. The number of aryl methyl sites for hydroxylation is 1. The Hall–Kier alpha value is -4.28. The molecule has 0 unspecified atom stereocenters. The molecule has 10 heteroatoms. The summed E-state index contributed by atoms with van der Waals surface area (Å²) in [5, 5.41) is 3.07. The van der Waals surface area contributed by atoms with Gasteiger partial charge in [0.25, 0.3) is 10.0 Å². The van der Waals surface area contributed by atoms with E-state index in [2.05, 4.69) is 5.32 Å². The average Bonchev–Trinajstić information content (AvgIpc) is 3.10. The number of carbonyl (C=O) groups is 2. The highest BCUT2D eigenvalue weighted by molar-refractivity contribution is 7.98. The lowest BCUT2D eigenvalue weighted by Gasteiger charge is -2.34. The summed E-state index contributed by atoms with van der Waals surface area (Å²) in [7, 11) is -4.20. The third-order valence-electron chi connectivity index (χ3n) is 8.11. The molecule has 0 aliphatic heterocycles. The Balaban J connectivity index is 1.80. The maximum absolute atomic E-state index is 14.6. The van der Waals surface area contributed by atoms with Crippen molar-refractivity contribution in [1.29, 1.82) is 0 Å². The highest BCUT2D eigenvalue weighted by Crippen LogP contribution is 2.28. The van der Waals surface area contributed by atoms with E-state index in [4.69, 9.17) is 4.74 Å². The zero-order chi connectivity index (χ0) is 34.7. The third-order valence-corrected chi connectivity index (χ3v) is 10.6. The third kappa shape index (κ3) is 9.64. The fourth-order valence-corrected chi connectivity index (χ4v) is 6.99. The standard InChI is InChI=1S/C38H45N3O5S2/c1-6-29(4)39-38(43)36(25-30-11-9-8-10-12-30)40(26-31-15-13-28(3)14-16-31)37(42)27-41(32-17-19-33(20-18-32)46-7-2)48(44,45)35-23-21-34(47-5)22-24-35/h8-24,29,36H,6-7,25-27H2,1-5H3,(H,39,43)/t29-,36+/m0/s1. The van der Waals surface area contributed by atoms with Crippen molar-refractivity contribution in [2.24, 2.45) is 0 Å². The van der Waals surface area contributed by atoms with Gasteiger partial charge in [-0.2, -0.15) is 0 Å². The minimum absolute atomic E-state index is 0.0578. The average molecular weight is 688 g/mol. The van der Waals surface area contributed by atoms with Crippen LogP contribution in [-0.4, -0.2) is 56.6 Å². The van der Waals surface area contributed by atoms with Gasteiger partial charge in [0, 0.05) is 23.9 Å². The van der Waals surface area contributed by atoms with Crippen molar-refractivity contribution >= 4 is 39.3 Å². The van der Waals surface area contributed by atoms with Gasteiger partial charge in [-0.3, -0.25) is 13.9 Å². The Morgan fingerprint density at radius 2 is 1.50 bits per heavy atom. The molecule has 0 spiro atoms. The number of thioether (sulfide) groups is 1. The van der Waals surface area contributed by atoms with Crippen molar-refractivity contribution in [3.05, 3.63) is 120 Å². The molecule has 0 fully saturated rings. The number of hydrogen-bond donors (Lipinski definition) is 1. The molecule has 48 heavy (non-hydrogen) atoms. The fraction of sp³-hybridized carbons (Fsp3) is 0.316. The maximum atomic E-state index is 14.6. The molecule has 4 aromatic carbocycles. The normalized spacial score (nSPS) is 12.5. The fourth-order valence-electron chi connectivity index (χ4n) is 5.16. The molecule has 2 atom stereocenters. The number of nitrogens with one attached hydrogen (secondary N) is 1. The molecule has 1 N–H and O–H groups in total. The molecule has 4 aromatic rings. The number of hydrogen-bond acceptors (Lipinski definition) is 6. The van der Waals surface area contributed by atoms with Crippen molar-refractivity contribution in [3.8, 4) is 5.75 Å². The molecule has 254 valence electrons. The second-order valence-corrected chi connectivity index (χ2v) is 14.4. The molecule has 8 nitrogen and oxygen atoms in total. The monoisotopic (exact) mass is 687 g/mol. The number of ether oxygens (including phenoxy) is 1. The van der Waals surface area contributed by atoms with Crippen LogP contribution in [0.1, 0.15) is 43.9 Å². The van der Waals surface area contributed by atoms with E-state index in [9.17, 15) is 18.0 Å². The van der Waals surface area contributed by atoms with Crippen molar-refractivity contribution in [3.63, 3.8) is 0 Å². The largest absolute Gasteiger partial charge is 0.494 e. The van der Waals surface area contributed by atoms with Gasteiger partial charge in [0.1, 0.15) is 18.3 Å². The predicted molar refractivity (Wildman–Crippen MR) is 194 cm³/mol. The SMILES string of the molecule is CCOc1ccc(N(CC(=O)N(Cc2ccc(C)cc2)[C@H](Cc2ccccc2)C(=O)N[C@@H](C)CC)S(=O)(=O)c2ccc(SC)cc2)cc1. The van der Waals surface area contributed by atoms with E-state index in [1.165, 1.54) is 16.7 Å². The summed E-state index contributed by atoms with van der Waals surface area (Å²) in [6.07, 6.45) is 2.89. The first-order chi connectivity index (χ1) is 23.0. The quantitative estimate of drug-likeness (QED) is 0.129. The summed E-state index contributed by atoms with van der Waals surface area (Å²) >= 11 is 1.51. The van der Waals surface area contributed by atoms with E-state index in [1.807, 2.05) is 88.5 Å². The van der Waals surface area contributed by atoms with Crippen LogP contribution in [0.3, 0.4) is 0 Å². The van der Waals surface area contributed by atoms with E-state index >= 15 is 0 Å². The van der Waals surface area contributed by atoms with Crippen LogP contribution in [-0.2, 0) is 32.6 Å². The predicted octanol–water partition coefficient (Wildman–Crippen LogP) is 6.87. The van der Waals surface area contributed by atoms with E-state index in [0.717, 1.165) is 32.3 Å². The summed E-state index contributed by atoms with van der Waals surface area (Å²) in [5.74, 6) is -0.217. The van der Waals surface area contributed by atoms with Crippen LogP contribution >= 0.6 is 11.8 Å². The summed E-state index contributed by atoms with van der Waals surface area (Å²) < 4.78 is 35.3. The smallest absolute Gasteiger partial charge is 0.264 e. The van der Waals surface area contributed by atoms with Crippen LogP contribution in [0.15, 0.2) is 113 Å². The molecule has 2 amide bonds. The second kappa shape index (κ2) is 17.2. The van der Waals surface area contributed by atoms with Crippen LogP contribution in [0.2, 0.25) is 0 Å². The number of amides is 2. The van der Waals surface area contributed by atoms with Gasteiger partial charge in [-0.1, -0.05) is 67.1 Å². The summed E-state index contributed by atoms with van der Waals surface area (Å²) in [4.78, 5) is 31.1. The lowest BCUT2D eigenvalue weighted by molar-refractivity contribution is -0.140. The molecule has 0 radical (unpaired) electrons. The van der Waals surface area contributed by atoms with Crippen LogP contribution in [0.25, 0.3) is 0 Å². The first-order valence-corrected chi connectivity index (χ1v) is 18.8. The van der Waals surface area contributed by atoms with E-state index in [0.29, 0.717) is 18.0 Å². The number of carbonyl (C=O) groups excluding carboxylic acids is 2. The van der Waals surface area contributed by atoms with Gasteiger partial charge in [-0.15, -0.1) is 11.8 Å². The lowest BCUT2D eigenvalue weighted by Crippen LogP contribution is -2.54. The minimum atomic E-state index is -4.20. The van der Waals surface area contributed by atoms with Gasteiger partial charge in [0.2, 0.25) is 11.8 Å². The lowest BCUT2D eigenvalue weighted by atomic mass is 10.0. The van der Waals surface area contributed by atoms with Gasteiger partial charge in [0.05, 0.1) is 17.2 Å². The van der Waals surface area contributed by atoms with Crippen molar-refractivity contribution in [2.75, 3.05) is 23.7 Å². The van der Waals surface area contributed by atoms with Gasteiger partial charge < -0.3 is 15.0 Å². The molecule has 0 saturated carbocycles. The van der Waals surface area contributed by atoms with E-state index in [-0.39, 0.29) is 29.8 Å². The Morgan fingerprint density at radius 3 is 2.08 bits per heavy atom. The van der Waals surface area contributed by atoms with Crippen LogP contribution in [0.5, 0.6) is 5.75 Å². The van der Waals surface area contributed by atoms with E-state index < -0.39 is 28.5 Å². The highest BCUT2D eigenvalue weighted by Gasteiger charge is 2.35. The zero-order valence-corrected chi connectivity index (χ0v) is 29.9. The Labute approximate surface area is 289 Å². The first-order valence-electron chi connectivity index (χ1n) is 16.1. The Bertz CT molecular complexity index is 1730. The molecule has 0 aromatic heterocycles. The number of rotatable bonds is 16. The minimum Gasteiger partial charge on any atom is -0.494 e. The Morgan fingerprint density at radius 1 is 0.854 bits per heavy atom. The van der Waals surface area contributed by atoms with Gasteiger partial charge in [-0.05, 0) is 93.1 Å². The van der Waals surface area contributed by atoms with Crippen LogP contribution < -0.4 is 14.4 Å². The van der Waals surface area contributed by atoms with Crippen LogP contribution in [0.4, 0.5) is 5.69 Å². The molecule has 0 aliphatic rings. The number of benzene rings is 4. The molecule has 0 aliphatic carbocycles. The number of sulfonamides is 1. The molecule has 4 rings (SSSR count). The molecular weight excluding hydrogens is 643 g/mol. The summed E-state index contributed by atoms with van der Waals surface area (Å²) in [6, 6.07) is 29.5. The topological polar surface area (TPSA) is 96.0 Å². The van der Waals surface area contributed by atoms with Gasteiger partial charge >= 0.3 is 0 Å². The van der Waals surface area contributed by atoms with Crippen LogP contribution in [0, 0.1) is 6.92 Å². The number of anilines is 1. The van der Waals surface area contributed by atoms with E-state index in [1.54, 1.807) is 48.5 Å². The molecule has 0 heterocycles. The molecule has 0 bridgehead atoms. The second-order valence-electron chi connectivity index (χ2n) is 11.6. The van der Waals surface area contributed by atoms with Gasteiger partial charge in [0.15, 0.2) is 0 Å². The first kappa shape index (κ1) is 36.6. The molecule has 0 saturated heterocycles. The zero-order valence-electron chi connectivity index (χ0n) is 28.3. The summed E-state index contributed by atoms with van der Waals surface area (Å²) in [5.41, 5.74) is 3.08. The summed E-state index contributed by atoms with van der Waals surface area (Å²) in [6.45, 7) is 7.81.